The maximum atomic E-state index is 13.6. The molecule has 1 heterocycles. The molecule has 2 N–H and O–H groups in total. The number of benzene rings is 2. The SMILES string of the molecule is CCNS(=O)(=O)c1ccc(C(=O)N[C@H]2CCSc3ccc(F)cc32)cc1. The van der Waals surface area contributed by atoms with E-state index in [-0.39, 0.29) is 22.7 Å². The number of amides is 1. The molecule has 0 saturated carbocycles. The Kier molecular flexibility index (Phi) is 5.64. The van der Waals surface area contributed by atoms with Crippen LogP contribution in [0, 0.1) is 5.82 Å². The van der Waals surface area contributed by atoms with E-state index in [1.54, 1.807) is 24.8 Å². The number of thioether (sulfide) groups is 1. The van der Waals surface area contributed by atoms with Gasteiger partial charge in [0, 0.05) is 22.8 Å². The van der Waals surface area contributed by atoms with Gasteiger partial charge in [0.1, 0.15) is 5.82 Å². The van der Waals surface area contributed by atoms with Gasteiger partial charge in [-0.3, -0.25) is 4.79 Å². The van der Waals surface area contributed by atoms with E-state index in [0.717, 1.165) is 16.2 Å². The predicted molar refractivity (Wildman–Crippen MR) is 99.3 cm³/mol. The van der Waals surface area contributed by atoms with E-state index in [0.29, 0.717) is 18.5 Å². The van der Waals surface area contributed by atoms with Gasteiger partial charge in [0.15, 0.2) is 0 Å². The second-order valence-corrected chi connectivity index (χ2v) is 8.77. The average Bonchev–Trinajstić information content (AvgIpc) is 2.62. The van der Waals surface area contributed by atoms with E-state index in [4.69, 9.17) is 0 Å². The molecule has 5 nitrogen and oxygen atoms in total. The molecule has 2 aromatic carbocycles. The Morgan fingerprint density at radius 2 is 1.96 bits per heavy atom. The highest BCUT2D eigenvalue weighted by Gasteiger charge is 2.23. The molecule has 1 atom stereocenters. The van der Waals surface area contributed by atoms with Gasteiger partial charge in [-0.25, -0.2) is 17.5 Å². The van der Waals surface area contributed by atoms with Crippen LogP contribution in [0.4, 0.5) is 4.39 Å². The quantitative estimate of drug-likeness (QED) is 0.817. The maximum Gasteiger partial charge on any atom is 0.251 e. The summed E-state index contributed by atoms with van der Waals surface area (Å²) in [5.41, 5.74) is 1.14. The summed E-state index contributed by atoms with van der Waals surface area (Å²) in [6.07, 6.45) is 0.708. The van der Waals surface area contributed by atoms with E-state index in [9.17, 15) is 17.6 Å². The van der Waals surface area contributed by atoms with Crippen LogP contribution in [0.3, 0.4) is 0 Å². The highest BCUT2D eigenvalue weighted by molar-refractivity contribution is 7.99. The summed E-state index contributed by atoms with van der Waals surface area (Å²) in [4.78, 5) is 13.6. The highest BCUT2D eigenvalue weighted by Crippen LogP contribution is 2.36. The molecule has 0 bridgehead atoms. The van der Waals surface area contributed by atoms with E-state index < -0.39 is 10.0 Å². The Balaban J connectivity index is 1.77. The van der Waals surface area contributed by atoms with Crippen LogP contribution in [0.25, 0.3) is 0 Å². The number of carbonyl (C=O) groups is 1. The molecule has 0 saturated heterocycles. The Morgan fingerprint density at radius 3 is 2.65 bits per heavy atom. The lowest BCUT2D eigenvalue weighted by atomic mass is 10.0. The fourth-order valence-corrected chi connectivity index (χ4v) is 4.96. The van der Waals surface area contributed by atoms with Crippen molar-refractivity contribution < 1.29 is 17.6 Å². The molecule has 2 aromatic rings. The standard InChI is InChI=1S/C18H19FN2O3S2/c1-2-20-26(23,24)14-6-3-12(4-7-14)18(22)21-16-9-10-25-17-8-5-13(19)11-15(16)17/h3-8,11,16,20H,2,9-10H2,1H3,(H,21,22)/t16-/m0/s1. The largest absolute Gasteiger partial charge is 0.345 e. The monoisotopic (exact) mass is 394 g/mol. The first-order valence-corrected chi connectivity index (χ1v) is 10.7. The lowest BCUT2D eigenvalue weighted by molar-refractivity contribution is 0.0934. The first-order valence-electron chi connectivity index (χ1n) is 8.23. The molecule has 26 heavy (non-hydrogen) atoms. The summed E-state index contributed by atoms with van der Waals surface area (Å²) in [7, 11) is -3.55. The van der Waals surface area contributed by atoms with Gasteiger partial charge < -0.3 is 5.32 Å². The van der Waals surface area contributed by atoms with Gasteiger partial charge >= 0.3 is 0 Å². The first-order chi connectivity index (χ1) is 12.4. The Bertz CT molecular complexity index is 915. The minimum atomic E-state index is -3.55. The third-order valence-corrected chi connectivity index (χ3v) is 6.76. The van der Waals surface area contributed by atoms with Crippen molar-refractivity contribution in [2.75, 3.05) is 12.3 Å². The summed E-state index contributed by atoms with van der Waals surface area (Å²) in [6.45, 7) is 1.99. The second-order valence-electron chi connectivity index (χ2n) is 5.87. The number of hydrogen-bond acceptors (Lipinski definition) is 4. The molecule has 1 amide bonds. The molecule has 3 rings (SSSR count). The molecular formula is C18H19FN2O3S2. The zero-order valence-electron chi connectivity index (χ0n) is 14.2. The molecular weight excluding hydrogens is 375 g/mol. The molecule has 0 fully saturated rings. The van der Waals surface area contributed by atoms with Crippen LogP contribution in [0.1, 0.15) is 35.3 Å². The Morgan fingerprint density at radius 1 is 1.23 bits per heavy atom. The van der Waals surface area contributed by atoms with Crippen molar-refractivity contribution in [3.8, 4) is 0 Å². The molecule has 138 valence electrons. The third kappa shape index (κ3) is 4.08. The zero-order valence-corrected chi connectivity index (χ0v) is 15.8. The van der Waals surface area contributed by atoms with Gasteiger partial charge in [-0.2, -0.15) is 0 Å². The smallest absolute Gasteiger partial charge is 0.251 e. The average molecular weight is 394 g/mol. The van der Waals surface area contributed by atoms with Gasteiger partial charge in [0.25, 0.3) is 5.91 Å². The van der Waals surface area contributed by atoms with E-state index in [1.807, 2.05) is 0 Å². The summed E-state index contributed by atoms with van der Waals surface area (Å²) < 4.78 is 39.9. The van der Waals surface area contributed by atoms with Crippen LogP contribution in [0.15, 0.2) is 52.3 Å². The van der Waals surface area contributed by atoms with Crippen LogP contribution >= 0.6 is 11.8 Å². The topological polar surface area (TPSA) is 75.3 Å². The van der Waals surface area contributed by atoms with Crippen LogP contribution in [-0.2, 0) is 10.0 Å². The Labute approximate surface area is 156 Å². The number of sulfonamides is 1. The Hall–Kier alpha value is -1.90. The zero-order chi connectivity index (χ0) is 18.7. The maximum absolute atomic E-state index is 13.6. The van der Waals surface area contributed by atoms with Gasteiger partial charge in [-0.15, -0.1) is 11.8 Å². The van der Waals surface area contributed by atoms with E-state index in [2.05, 4.69) is 10.0 Å². The number of rotatable bonds is 5. The molecule has 1 aliphatic heterocycles. The first kappa shape index (κ1) is 18.9. The lowest BCUT2D eigenvalue weighted by Crippen LogP contribution is -2.30. The summed E-state index contributed by atoms with van der Waals surface area (Å²) in [5.74, 6) is 0.191. The van der Waals surface area contributed by atoms with Crippen molar-refractivity contribution in [3.05, 3.63) is 59.4 Å². The van der Waals surface area contributed by atoms with Crippen LogP contribution in [-0.4, -0.2) is 26.6 Å². The van der Waals surface area contributed by atoms with Crippen molar-refractivity contribution in [1.29, 1.82) is 0 Å². The van der Waals surface area contributed by atoms with E-state index >= 15 is 0 Å². The van der Waals surface area contributed by atoms with Crippen LogP contribution in [0.5, 0.6) is 0 Å². The summed E-state index contributed by atoms with van der Waals surface area (Å²) in [6, 6.07) is 10.1. The van der Waals surface area contributed by atoms with Gasteiger partial charge in [0.2, 0.25) is 10.0 Å². The van der Waals surface area contributed by atoms with Gasteiger partial charge in [-0.1, -0.05) is 6.92 Å². The van der Waals surface area contributed by atoms with Crippen LogP contribution in [0.2, 0.25) is 0 Å². The fraction of sp³-hybridized carbons (Fsp3) is 0.278. The molecule has 0 unspecified atom stereocenters. The summed E-state index contributed by atoms with van der Waals surface area (Å²) >= 11 is 1.64. The predicted octanol–water partition coefficient (Wildman–Crippen LogP) is 3.09. The third-order valence-electron chi connectivity index (χ3n) is 4.08. The number of carbonyl (C=O) groups excluding carboxylic acids is 1. The molecule has 0 spiro atoms. The molecule has 1 aliphatic rings. The van der Waals surface area contributed by atoms with Crippen molar-refractivity contribution in [3.63, 3.8) is 0 Å². The van der Waals surface area contributed by atoms with Crippen LogP contribution < -0.4 is 10.0 Å². The highest BCUT2D eigenvalue weighted by atomic mass is 32.2. The molecule has 8 heteroatoms. The number of hydrogen-bond donors (Lipinski definition) is 2. The van der Waals surface area contributed by atoms with Crippen molar-refractivity contribution in [2.24, 2.45) is 0 Å². The lowest BCUT2D eigenvalue weighted by Gasteiger charge is -2.26. The minimum absolute atomic E-state index is 0.109. The van der Waals surface area contributed by atoms with Gasteiger partial charge in [0.05, 0.1) is 10.9 Å². The van der Waals surface area contributed by atoms with Crippen molar-refractivity contribution in [2.45, 2.75) is 29.2 Å². The molecule has 0 aliphatic carbocycles. The normalized spacial score (nSPS) is 16.8. The van der Waals surface area contributed by atoms with Gasteiger partial charge in [-0.05, 0) is 54.4 Å². The van der Waals surface area contributed by atoms with E-state index in [1.165, 1.54) is 36.4 Å². The second kappa shape index (κ2) is 7.77. The minimum Gasteiger partial charge on any atom is -0.345 e. The molecule has 0 aromatic heterocycles. The summed E-state index contributed by atoms with van der Waals surface area (Å²) in [5, 5.41) is 2.92. The number of nitrogens with one attached hydrogen (secondary N) is 2. The fourth-order valence-electron chi connectivity index (χ4n) is 2.82. The molecule has 0 radical (unpaired) electrons. The van der Waals surface area contributed by atoms with Crippen molar-refractivity contribution in [1.82, 2.24) is 10.0 Å². The van der Waals surface area contributed by atoms with Crippen molar-refractivity contribution >= 4 is 27.7 Å². The number of halogens is 1. The number of fused-ring (bicyclic) bond motifs is 1.